The van der Waals surface area contributed by atoms with E-state index < -0.39 is 11.9 Å². The van der Waals surface area contributed by atoms with E-state index >= 15 is 0 Å². The Morgan fingerprint density at radius 1 is 1.24 bits per heavy atom. The molecule has 3 heterocycles. The van der Waals surface area contributed by atoms with Crippen LogP contribution in [0.3, 0.4) is 0 Å². The monoisotopic (exact) mass is 437 g/mol. The molecule has 0 aliphatic carbocycles. The molecule has 11 nitrogen and oxygen atoms in total. The Morgan fingerprint density at radius 2 is 2.00 bits per heavy atom. The van der Waals surface area contributed by atoms with Gasteiger partial charge in [0.15, 0.2) is 0 Å². The first-order valence-electron chi connectivity index (χ1n) is 8.29. The van der Waals surface area contributed by atoms with Gasteiger partial charge in [0, 0.05) is 54.2 Å². The normalized spacial score (nSPS) is 10.5. The standard InChI is InChI=1S/C12H15N7S2.C4H4O4/c13-2-1-5-18(8-10-15-4-7-20-10)12-16-11(17-21-12)19-6-3-14-9-19;5-3(6)1-2-4(7)8/h3-4,6-7,9H,1-2,5,8,13H2;1-2H,(H,5,6)(H,7,8). The maximum Gasteiger partial charge on any atom is 0.328 e. The van der Waals surface area contributed by atoms with Gasteiger partial charge in [-0.05, 0) is 13.0 Å². The number of nitrogens with two attached hydrogens (primary N) is 1. The Morgan fingerprint density at radius 3 is 2.55 bits per heavy atom. The molecule has 0 bridgehead atoms. The number of thiazole rings is 1. The second kappa shape index (κ2) is 11.6. The topological polar surface area (TPSA) is 160 Å². The van der Waals surface area contributed by atoms with E-state index in [0.717, 1.165) is 29.6 Å². The summed E-state index contributed by atoms with van der Waals surface area (Å²) in [6.45, 7) is 2.23. The maximum atomic E-state index is 9.55. The number of aliphatic carboxylic acids is 2. The number of aromatic nitrogens is 5. The molecule has 29 heavy (non-hydrogen) atoms. The molecule has 3 aromatic heterocycles. The van der Waals surface area contributed by atoms with E-state index in [-0.39, 0.29) is 0 Å². The van der Waals surface area contributed by atoms with Crippen LogP contribution in [0.5, 0.6) is 0 Å². The van der Waals surface area contributed by atoms with Crippen LogP contribution in [0.2, 0.25) is 0 Å². The summed E-state index contributed by atoms with van der Waals surface area (Å²) < 4.78 is 6.18. The van der Waals surface area contributed by atoms with Crippen molar-refractivity contribution < 1.29 is 19.8 Å². The van der Waals surface area contributed by atoms with Gasteiger partial charge in [0.05, 0.1) is 6.54 Å². The molecule has 154 valence electrons. The van der Waals surface area contributed by atoms with Gasteiger partial charge in [-0.3, -0.25) is 4.57 Å². The molecule has 0 saturated heterocycles. The average molecular weight is 438 g/mol. The fraction of sp³-hybridized carbons (Fsp3) is 0.250. The van der Waals surface area contributed by atoms with E-state index in [1.807, 2.05) is 17.8 Å². The van der Waals surface area contributed by atoms with E-state index in [4.69, 9.17) is 15.9 Å². The van der Waals surface area contributed by atoms with Crippen LogP contribution in [0.1, 0.15) is 11.4 Å². The molecule has 3 aromatic rings. The number of hydrogen-bond donors (Lipinski definition) is 3. The lowest BCUT2D eigenvalue weighted by Crippen LogP contribution is -2.25. The number of nitrogens with zero attached hydrogens (tertiary/aromatic N) is 6. The molecule has 3 rings (SSSR count). The van der Waals surface area contributed by atoms with Crippen molar-refractivity contribution in [2.45, 2.75) is 13.0 Å². The average Bonchev–Trinajstić information content (AvgIpc) is 3.45. The summed E-state index contributed by atoms with van der Waals surface area (Å²) in [7, 11) is 0. The van der Waals surface area contributed by atoms with Crippen molar-refractivity contribution in [1.82, 2.24) is 23.9 Å². The van der Waals surface area contributed by atoms with Gasteiger partial charge >= 0.3 is 11.9 Å². The van der Waals surface area contributed by atoms with Crippen molar-refractivity contribution in [2.75, 3.05) is 18.0 Å². The van der Waals surface area contributed by atoms with Crippen LogP contribution in [0.15, 0.2) is 42.4 Å². The molecule has 0 aromatic carbocycles. The number of carboxylic acids is 2. The second-order valence-electron chi connectivity index (χ2n) is 5.35. The van der Waals surface area contributed by atoms with Crippen molar-refractivity contribution in [3.8, 4) is 5.95 Å². The largest absolute Gasteiger partial charge is 0.478 e. The van der Waals surface area contributed by atoms with E-state index in [9.17, 15) is 9.59 Å². The van der Waals surface area contributed by atoms with Crippen LogP contribution < -0.4 is 10.6 Å². The molecular weight excluding hydrogens is 418 g/mol. The summed E-state index contributed by atoms with van der Waals surface area (Å²) >= 11 is 3.02. The molecule has 0 spiro atoms. The van der Waals surface area contributed by atoms with Gasteiger partial charge in [-0.2, -0.15) is 9.36 Å². The van der Waals surface area contributed by atoms with Gasteiger partial charge < -0.3 is 20.8 Å². The lowest BCUT2D eigenvalue weighted by atomic mass is 10.4. The van der Waals surface area contributed by atoms with Crippen LogP contribution in [0, 0.1) is 0 Å². The van der Waals surface area contributed by atoms with Gasteiger partial charge in [-0.15, -0.1) is 11.3 Å². The molecule has 0 aliphatic heterocycles. The van der Waals surface area contributed by atoms with Gasteiger partial charge in [-0.25, -0.2) is 19.6 Å². The Kier molecular flexibility index (Phi) is 8.88. The van der Waals surface area contributed by atoms with Gasteiger partial charge in [0.1, 0.15) is 11.3 Å². The zero-order valence-electron chi connectivity index (χ0n) is 15.2. The van der Waals surface area contributed by atoms with Crippen molar-refractivity contribution in [1.29, 1.82) is 0 Å². The molecule has 4 N–H and O–H groups in total. The lowest BCUT2D eigenvalue weighted by molar-refractivity contribution is -0.134. The number of rotatable bonds is 9. The summed E-state index contributed by atoms with van der Waals surface area (Å²) in [5.41, 5.74) is 5.63. The SMILES string of the molecule is NCCCN(Cc1nccs1)c1nc(-n2ccnc2)ns1.O=C(O)C=CC(=O)O. The molecule has 0 unspecified atom stereocenters. The Bertz CT molecular complexity index is 894. The van der Waals surface area contributed by atoms with E-state index in [1.54, 1.807) is 28.4 Å². The minimum atomic E-state index is -1.26. The summed E-state index contributed by atoms with van der Waals surface area (Å²) in [6.07, 6.45) is 9.07. The molecule has 0 saturated carbocycles. The first-order chi connectivity index (χ1) is 14.0. The third kappa shape index (κ3) is 7.77. The number of carboxylic acid groups (broad SMARTS) is 2. The fourth-order valence-electron chi connectivity index (χ4n) is 1.98. The van der Waals surface area contributed by atoms with Crippen LogP contribution >= 0.6 is 22.9 Å². The highest BCUT2D eigenvalue weighted by molar-refractivity contribution is 7.10. The van der Waals surface area contributed by atoms with Crippen molar-refractivity contribution >= 4 is 39.9 Å². The molecular formula is C16H19N7O4S2. The maximum absolute atomic E-state index is 9.55. The first kappa shape index (κ1) is 22.1. The highest BCUT2D eigenvalue weighted by Crippen LogP contribution is 2.22. The third-order valence-corrected chi connectivity index (χ3v) is 4.75. The minimum Gasteiger partial charge on any atom is -0.478 e. The van der Waals surface area contributed by atoms with Gasteiger partial charge in [-0.1, -0.05) is 0 Å². The van der Waals surface area contributed by atoms with Crippen LogP contribution in [0.25, 0.3) is 5.95 Å². The number of hydrogen-bond acceptors (Lipinski definition) is 10. The van der Waals surface area contributed by atoms with E-state index in [0.29, 0.717) is 24.6 Å². The molecule has 0 fully saturated rings. The Hall–Kier alpha value is -3.16. The van der Waals surface area contributed by atoms with Crippen molar-refractivity contribution in [2.24, 2.45) is 5.73 Å². The summed E-state index contributed by atoms with van der Waals surface area (Å²) in [5, 5.41) is 19.5. The molecule has 13 heteroatoms. The van der Waals surface area contributed by atoms with Crippen LogP contribution in [-0.2, 0) is 16.1 Å². The van der Waals surface area contributed by atoms with Crippen LogP contribution in [0.4, 0.5) is 5.13 Å². The highest BCUT2D eigenvalue weighted by atomic mass is 32.1. The molecule has 0 radical (unpaired) electrons. The fourth-order valence-corrected chi connectivity index (χ4v) is 3.30. The Balaban J connectivity index is 0.000000321. The zero-order chi connectivity index (χ0) is 21.1. The predicted molar refractivity (Wildman–Crippen MR) is 108 cm³/mol. The second-order valence-corrected chi connectivity index (χ2v) is 7.06. The summed E-state index contributed by atoms with van der Waals surface area (Å²) in [4.78, 5) is 34.2. The third-order valence-electron chi connectivity index (χ3n) is 3.22. The lowest BCUT2D eigenvalue weighted by Gasteiger charge is -2.19. The minimum absolute atomic E-state index is 0.558. The molecule has 0 atom stereocenters. The molecule has 0 amide bonds. The molecule has 0 aliphatic rings. The number of anilines is 1. The quantitative estimate of drug-likeness (QED) is 0.415. The van der Waals surface area contributed by atoms with Gasteiger partial charge in [0.25, 0.3) is 0 Å². The van der Waals surface area contributed by atoms with Gasteiger partial charge in [0.2, 0.25) is 11.1 Å². The smallest absolute Gasteiger partial charge is 0.328 e. The summed E-state index contributed by atoms with van der Waals surface area (Å²) in [5.74, 6) is -1.87. The summed E-state index contributed by atoms with van der Waals surface area (Å²) in [6, 6.07) is 0. The number of carbonyl (C=O) groups is 2. The zero-order valence-corrected chi connectivity index (χ0v) is 16.8. The predicted octanol–water partition coefficient (Wildman–Crippen LogP) is 1.25. The van der Waals surface area contributed by atoms with E-state index in [1.165, 1.54) is 11.5 Å². The Labute approximate surface area is 174 Å². The highest BCUT2D eigenvalue weighted by Gasteiger charge is 2.14. The van der Waals surface area contributed by atoms with Crippen molar-refractivity contribution in [3.05, 3.63) is 47.5 Å². The van der Waals surface area contributed by atoms with Crippen molar-refractivity contribution in [3.63, 3.8) is 0 Å². The first-order valence-corrected chi connectivity index (χ1v) is 9.94. The number of imidazole rings is 1. The van der Waals surface area contributed by atoms with Crippen LogP contribution in [-0.4, -0.2) is 59.1 Å². The van der Waals surface area contributed by atoms with E-state index in [2.05, 4.69) is 24.2 Å².